The quantitative estimate of drug-likeness (QED) is 0.747. The Labute approximate surface area is 158 Å². The minimum Gasteiger partial charge on any atom is -0.346 e. The van der Waals surface area contributed by atoms with Crippen LogP contribution < -0.4 is 0 Å². The molecule has 1 aromatic heterocycles. The molecule has 5 heteroatoms. The van der Waals surface area contributed by atoms with Gasteiger partial charge >= 0.3 is 0 Å². The molecule has 27 heavy (non-hydrogen) atoms. The van der Waals surface area contributed by atoms with Crippen molar-refractivity contribution in [3.05, 3.63) is 77.0 Å². The van der Waals surface area contributed by atoms with E-state index in [1.165, 1.54) is 12.1 Å². The van der Waals surface area contributed by atoms with Crippen LogP contribution in [-0.2, 0) is 0 Å². The number of nitrogens with zero attached hydrogens (tertiary/aromatic N) is 2. The summed E-state index contributed by atoms with van der Waals surface area (Å²) in [6, 6.07) is 14.2. The lowest BCUT2D eigenvalue weighted by atomic mass is 9.98. The van der Waals surface area contributed by atoms with Crippen molar-refractivity contribution in [1.82, 2.24) is 14.9 Å². The molecule has 0 bridgehead atoms. The van der Waals surface area contributed by atoms with Gasteiger partial charge in [0.1, 0.15) is 11.6 Å². The first kappa shape index (κ1) is 17.5. The molecule has 0 saturated carbocycles. The molecule has 1 atom stereocenters. The Morgan fingerprint density at radius 2 is 1.81 bits per heavy atom. The molecule has 1 aliphatic rings. The fourth-order valence-electron chi connectivity index (χ4n) is 3.80. The van der Waals surface area contributed by atoms with Crippen molar-refractivity contribution in [2.75, 3.05) is 13.1 Å². The van der Waals surface area contributed by atoms with E-state index in [2.05, 4.69) is 9.97 Å². The molecular formula is C22H22FN3O. The predicted molar refractivity (Wildman–Crippen MR) is 103 cm³/mol. The second-order valence-electron chi connectivity index (χ2n) is 7.16. The number of likely N-dealkylation sites (tertiary alicyclic amines) is 1. The lowest BCUT2D eigenvalue weighted by molar-refractivity contribution is 0.0791. The fourth-order valence-corrected chi connectivity index (χ4v) is 3.80. The number of aromatic nitrogens is 2. The van der Waals surface area contributed by atoms with Gasteiger partial charge < -0.3 is 9.88 Å². The summed E-state index contributed by atoms with van der Waals surface area (Å²) in [5.74, 6) is 0.961. The average molecular weight is 363 g/mol. The first-order valence-corrected chi connectivity index (χ1v) is 9.19. The molecule has 2 heterocycles. The van der Waals surface area contributed by atoms with E-state index in [0.717, 1.165) is 41.3 Å². The number of carbonyl (C=O) groups is 1. The van der Waals surface area contributed by atoms with Gasteiger partial charge in [-0.15, -0.1) is 0 Å². The molecule has 0 radical (unpaired) electrons. The smallest absolute Gasteiger partial charge is 0.253 e. The summed E-state index contributed by atoms with van der Waals surface area (Å²) in [7, 11) is 0. The Balaban J connectivity index is 1.47. The number of benzene rings is 2. The van der Waals surface area contributed by atoms with Crippen molar-refractivity contribution < 1.29 is 9.18 Å². The van der Waals surface area contributed by atoms with Crippen molar-refractivity contribution in [3.63, 3.8) is 0 Å². The van der Waals surface area contributed by atoms with Gasteiger partial charge in [-0.2, -0.15) is 0 Å². The van der Waals surface area contributed by atoms with E-state index in [1.54, 1.807) is 0 Å². The van der Waals surface area contributed by atoms with Gasteiger partial charge in [0.2, 0.25) is 0 Å². The number of rotatable bonds is 3. The van der Waals surface area contributed by atoms with Crippen LogP contribution in [0.1, 0.15) is 39.8 Å². The highest BCUT2D eigenvalue weighted by atomic mass is 19.1. The highest BCUT2D eigenvalue weighted by molar-refractivity contribution is 5.95. The Morgan fingerprint density at radius 3 is 2.44 bits per heavy atom. The predicted octanol–water partition coefficient (Wildman–Crippen LogP) is 4.46. The fraction of sp³-hybridized carbons (Fsp3) is 0.273. The van der Waals surface area contributed by atoms with Crippen molar-refractivity contribution in [1.29, 1.82) is 0 Å². The third kappa shape index (κ3) is 3.50. The maximum absolute atomic E-state index is 13.1. The summed E-state index contributed by atoms with van der Waals surface area (Å²) < 4.78 is 13.1. The number of carbonyl (C=O) groups excluding carboxylic acids is 1. The second-order valence-corrected chi connectivity index (χ2v) is 7.16. The van der Waals surface area contributed by atoms with Gasteiger partial charge in [0.15, 0.2) is 0 Å². The summed E-state index contributed by atoms with van der Waals surface area (Å²) in [6.45, 7) is 5.32. The van der Waals surface area contributed by atoms with E-state index in [-0.39, 0.29) is 17.6 Å². The van der Waals surface area contributed by atoms with Gasteiger partial charge in [-0.05, 0) is 50.1 Å². The number of hydrogen-bond acceptors (Lipinski definition) is 2. The second kappa shape index (κ2) is 6.99. The third-order valence-corrected chi connectivity index (χ3v) is 5.23. The van der Waals surface area contributed by atoms with Crippen molar-refractivity contribution in [2.45, 2.75) is 26.2 Å². The lowest BCUT2D eigenvalue weighted by Crippen LogP contribution is -2.28. The van der Waals surface area contributed by atoms with Crippen molar-refractivity contribution in [2.24, 2.45) is 0 Å². The van der Waals surface area contributed by atoms with Crippen LogP contribution in [-0.4, -0.2) is 33.9 Å². The highest BCUT2D eigenvalue weighted by Gasteiger charge is 2.28. The monoisotopic (exact) mass is 363 g/mol. The number of halogens is 1. The number of hydrogen-bond donors (Lipinski definition) is 1. The van der Waals surface area contributed by atoms with E-state index in [4.69, 9.17) is 0 Å². The lowest BCUT2D eigenvalue weighted by Gasteiger charge is -2.17. The van der Waals surface area contributed by atoms with Crippen LogP contribution in [0.4, 0.5) is 4.39 Å². The molecule has 1 amide bonds. The van der Waals surface area contributed by atoms with Crippen LogP contribution in [0.25, 0.3) is 11.3 Å². The van der Waals surface area contributed by atoms with Crippen LogP contribution >= 0.6 is 0 Å². The Morgan fingerprint density at radius 1 is 1.11 bits per heavy atom. The van der Waals surface area contributed by atoms with Gasteiger partial charge in [-0.3, -0.25) is 4.79 Å². The topological polar surface area (TPSA) is 49.0 Å². The van der Waals surface area contributed by atoms with Gasteiger partial charge in [0, 0.05) is 35.8 Å². The van der Waals surface area contributed by atoms with Crippen molar-refractivity contribution >= 4 is 5.91 Å². The van der Waals surface area contributed by atoms with E-state index < -0.39 is 0 Å². The molecule has 0 spiro atoms. The molecule has 1 N–H and O–H groups in total. The molecule has 3 aromatic rings. The van der Waals surface area contributed by atoms with Gasteiger partial charge in [-0.25, -0.2) is 9.37 Å². The van der Waals surface area contributed by atoms with Crippen LogP contribution in [0.5, 0.6) is 0 Å². The molecule has 4 rings (SSSR count). The SMILES string of the molecule is Cc1nc(-c2ccc(C(=O)N3CC[C@H](c4ccc(F)cc4)C3)cc2)c(C)[nH]1. The molecular weight excluding hydrogens is 341 g/mol. The first-order chi connectivity index (χ1) is 13.0. The van der Waals surface area contributed by atoms with Crippen LogP contribution in [0, 0.1) is 19.7 Å². The number of aromatic amines is 1. The molecule has 0 aliphatic carbocycles. The normalized spacial score (nSPS) is 16.7. The number of nitrogens with one attached hydrogen (secondary N) is 1. The first-order valence-electron chi connectivity index (χ1n) is 9.19. The van der Waals surface area contributed by atoms with Crippen LogP contribution in [0.2, 0.25) is 0 Å². The van der Waals surface area contributed by atoms with E-state index >= 15 is 0 Å². The summed E-state index contributed by atoms with van der Waals surface area (Å²) >= 11 is 0. The Kier molecular flexibility index (Phi) is 4.52. The zero-order valence-electron chi connectivity index (χ0n) is 15.5. The number of amides is 1. The van der Waals surface area contributed by atoms with Gasteiger partial charge in [0.05, 0.1) is 5.69 Å². The third-order valence-electron chi connectivity index (χ3n) is 5.23. The molecule has 138 valence electrons. The molecule has 0 unspecified atom stereocenters. The van der Waals surface area contributed by atoms with E-state index in [9.17, 15) is 9.18 Å². The van der Waals surface area contributed by atoms with Crippen LogP contribution in [0.3, 0.4) is 0 Å². The Hall–Kier alpha value is -2.95. The Bertz CT molecular complexity index is 960. The summed E-state index contributed by atoms with van der Waals surface area (Å²) in [5, 5.41) is 0. The zero-order chi connectivity index (χ0) is 19.0. The number of aryl methyl sites for hydroxylation is 2. The van der Waals surface area contributed by atoms with Gasteiger partial charge in [0.25, 0.3) is 5.91 Å². The maximum atomic E-state index is 13.1. The molecule has 1 aliphatic heterocycles. The van der Waals surface area contributed by atoms with E-state index in [0.29, 0.717) is 12.1 Å². The molecule has 2 aromatic carbocycles. The van der Waals surface area contributed by atoms with E-state index in [1.807, 2.05) is 55.1 Å². The number of imidazole rings is 1. The minimum absolute atomic E-state index is 0.0427. The largest absolute Gasteiger partial charge is 0.346 e. The maximum Gasteiger partial charge on any atom is 0.253 e. The average Bonchev–Trinajstić information content (AvgIpc) is 3.28. The van der Waals surface area contributed by atoms with Crippen LogP contribution in [0.15, 0.2) is 48.5 Å². The molecule has 1 fully saturated rings. The van der Waals surface area contributed by atoms with Crippen molar-refractivity contribution in [3.8, 4) is 11.3 Å². The molecule has 4 nitrogen and oxygen atoms in total. The standard InChI is InChI=1S/C22H22FN3O/c1-14-21(25-15(2)24-14)17-3-5-18(6-4-17)22(27)26-12-11-19(13-26)16-7-9-20(23)10-8-16/h3-10,19H,11-13H2,1-2H3,(H,24,25)/t19-/m0/s1. The molecule has 1 saturated heterocycles. The minimum atomic E-state index is -0.230. The zero-order valence-corrected chi connectivity index (χ0v) is 15.5. The summed E-state index contributed by atoms with van der Waals surface area (Å²) in [6.07, 6.45) is 0.904. The summed E-state index contributed by atoms with van der Waals surface area (Å²) in [4.78, 5) is 22.4. The number of H-pyrrole nitrogens is 1. The van der Waals surface area contributed by atoms with Gasteiger partial charge in [-0.1, -0.05) is 24.3 Å². The highest BCUT2D eigenvalue weighted by Crippen LogP contribution is 2.29. The summed E-state index contributed by atoms with van der Waals surface area (Å²) in [5.41, 5.74) is 4.71.